The summed E-state index contributed by atoms with van der Waals surface area (Å²) in [6.45, 7) is 1.47. The Bertz CT molecular complexity index is 1080. The molecule has 3 heterocycles. The largest absolute Gasteiger partial charge is 0.378 e. The lowest BCUT2D eigenvalue weighted by Crippen LogP contribution is -2.50. The van der Waals surface area contributed by atoms with Gasteiger partial charge in [0, 0.05) is 43.7 Å². The molecule has 0 aromatic heterocycles. The van der Waals surface area contributed by atoms with Crippen LogP contribution in [0.15, 0.2) is 12.1 Å². The molecule has 3 saturated heterocycles. The van der Waals surface area contributed by atoms with Crippen LogP contribution in [0.5, 0.6) is 0 Å². The van der Waals surface area contributed by atoms with Crippen LogP contribution < -0.4 is 5.73 Å². The fraction of sp³-hybridized carbons (Fsp3) is 0.667. The number of fused-ring (bicyclic) bond motifs is 2. The van der Waals surface area contributed by atoms with Crippen molar-refractivity contribution in [2.75, 3.05) is 37.8 Å². The number of ether oxygens (including phenoxy) is 1. The Labute approximate surface area is 208 Å². The van der Waals surface area contributed by atoms with Gasteiger partial charge in [-0.15, -0.1) is 0 Å². The van der Waals surface area contributed by atoms with Crippen molar-refractivity contribution in [3.8, 4) is 0 Å². The SMILES string of the molecule is N[C@H](Cc1cc(F)c(F)cc1F)C1C[C@H]2CC[C@@H](C1)N2C(=O)CCS(=O)(=O)CC(=O)N1CCOCC1. The Morgan fingerprint density at radius 1 is 1.00 bits per heavy atom. The van der Waals surface area contributed by atoms with Crippen LogP contribution in [0.1, 0.15) is 37.7 Å². The molecule has 1 aromatic carbocycles. The quantitative estimate of drug-likeness (QED) is 0.508. The van der Waals surface area contributed by atoms with Crippen LogP contribution in [0.4, 0.5) is 13.2 Å². The number of piperidine rings is 1. The second-order valence-corrected chi connectivity index (χ2v) is 12.2. The van der Waals surface area contributed by atoms with Crippen LogP contribution in [0.2, 0.25) is 0 Å². The molecule has 3 aliphatic rings. The standard InChI is InChI=1S/C24H32F3N3O5S/c25-19-13-21(27)20(26)11-15(19)12-22(28)16-9-17-1-2-18(10-16)30(17)23(31)3-8-36(33,34)14-24(32)29-4-6-35-7-5-29/h11,13,16-18,22H,1-10,12,14,28H2/t16?,17-,18+,22-/m1/s1. The Morgan fingerprint density at radius 2 is 1.61 bits per heavy atom. The van der Waals surface area contributed by atoms with Crippen LogP contribution >= 0.6 is 0 Å². The maximum absolute atomic E-state index is 14.1. The van der Waals surface area contributed by atoms with Crippen LogP contribution in [0.25, 0.3) is 0 Å². The molecule has 36 heavy (non-hydrogen) atoms. The highest BCUT2D eigenvalue weighted by Gasteiger charge is 2.44. The highest BCUT2D eigenvalue weighted by molar-refractivity contribution is 7.92. The number of nitrogens with zero attached hydrogens (tertiary/aromatic N) is 2. The molecule has 3 fully saturated rings. The summed E-state index contributed by atoms with van der Waals surface area (Å²) in [5.74, 6) is -4.99. The molecular weight excluding hydrogens is 499 g/mol. The third-order valence-corrected chi connectivity index (χ3v) is 9.05. The lowest BCUT2D eigenvalue weighted by molar-refractivity contribution is -0.136. The Kier molecular flexibility index (Phi) is 8.25. The van der Waals surface area contributed by atoms with Crippen LogP contribution in [0, 0.1) is 23.4 Å². The molecule has 3 aliphatic heterocycles. The maximum Gasteiger partial charge on any atom is 0.237 e. The number of halogens is 3. The van der Waals surface area contributed by atoms with Crippen molar-refractivity contribution in [1.82, 2.24) is 9.80 Å². The zero-order chi connectivity index (χ0) is 26.0. The summed E-state index contributed by atoms with van der Waals surface area (Å²) in [5.41, 5.74) is 6.34. The summed E-state index contributed by atoms with van der Waals surface area (Å²) in [6.07, 6.45) is 2.55. The molecule has 1 unspecified atom stereocenters. The average molecular weight is 532 g/mol. The highest BCUT2D eigenvalue weighted by atomic mass is 32.2. The van der Waals surface area contributed by atoms with Crippen molar-refractivity contribution in [3.63, 3.8) is 0 Å². The van der Waals surface area contributed by atoms with Crippen molar-refractivity contribution >= 4 is 21.7 Å². The minimum Gasteiger partial charge on any atom is -0.378 e. The molecule has 8 nitrogen and oxygen atoms in total. The van der Waals surface area contributed by atoms with E-state index in [0.717, 1.165) is 18.9 Å². The van der Waals surface area contributed by atoms with Crippen molar-refractivity contribution in [2.24, 2.45) is 11.7 Å². The lowest BCUT2D eigenvalue weighted by Gasteiger charge is -2.41. The minimum atomic E-state index is -3.74. The fourth-order valence-electron chi connectivity index (χ4n) is 5.65. The van der Waals surface area contributed by atoms with E-state index in [9.17, 15) is 31.2 Å². The number of amides is 2. The van der Waals surface area contributed by atoms with Crippen molar-refractivity contribution in [3.05, 3.63) is 35.1 Å². The zero-order valence-corrected chi connectivity index (χ0v) is 20.8. The van der Waals surface area contributed by atoms with Gasteiger partial charge in [-0.3, -0.25) is 9.59 Å². The lowest BCUT2D eigenvalue weighted by atomic mass is 9.82. The zero-order valence-electron chi connectivity index (χ0n) is 20.0. The Balaban J connectivity index is 1.30. The molecule has 0 spiro atoms. The predicted molar refractivity (Wildman–Crippen MR) is 125 cm³/mol. The first-order chi connectivity index (χ1) is 17.0. The maximum atomic E-state index is 14.1. The number of sulfone groups is 1. The number of carbonyl (C=O) groups is 2. The van der Waals surface area contributed by atoms with Crippen LogP contribution in [-0.4, -0.2) is 86.0 Å². The molecule has 2 bridgehead atoms. The molecule has 1 aromatic rings. The number of hydrogen-bond donors (Lipinski definition) is 1. The monoisotopic (exact) mass is 531 g/mol. The van der Waals surface area contributed by atoms with E-state index in [1.807, 2.05) is 0 Å². The molecular formula is C24H32F3N3O5S. The van der Waals surface area contributed by atoms with Gasteiger partial charge >= 0.3 is 0 Å². The Hall–Kier alpha value is -2.18. The molecule has 0 aliphatic carbocycles. The summed E-state index contributed by atoms with van der Waals surface area (Å²) in [6, 6.07) is 0.670. The first kappa shape index (κ1) is 26.9. The van der Waals surface area contributed by atoms with E-state index in [1.54, 1.807) is 4.90 Å². The van der Waals surface area contributed by atoms with Gasteiger partial charge in [-0.2, -0.15) is 0 Å². The van der Waals surface area contributed by atoms with Gasteiger partial charge in [0.05, 0.1) is 19.0 Å². The number of nitrogens with two attached hydrogens (primary N) is 1. The van der Waals surface area contributed by atoms with Gasteiger partial charge in [0.25, 0.3) is 0 Å². The normalized spacial score (nSPS) is 25.2. The van der Waals surface area contributed by atoms with Gasteiger partial charge in [-0.05, 0) is 49.7 Å². The summed E-state index contributed by atoms with van der Waals surface area (Å²) >= 11 is 0. The van der Waals surface area contributed by atoms with Crippen molar-refractivity contribution in [2.45, 2.75) is 56.7 Å². The van der Waals surface area contributed by atoms with Gasteiger partial charge in [0.2, 0.25) is 11.8 Å². The molecule has 12 heteroatoms. The van der Waals surface area contributed by atoms with E-state index in [0.29, 0.717) is 45.2 Å². The van der Waals surface area contributed by atoms with Crippen molar-refractivity contribution < 1.29 is 35.9 Å². The fourth-order valence-corrected chi connectivity index (χ4v) is 6.84. The molecule has 0 saturated carbocycles. The number of carbonyl (C=O) groups excluding carboxylic acids is 2. The predicted octanol–water partition coefficient (Wildman–Crippen LogP) is 1.41. The van der Waals surface area contributed by atoms with Gasteiger partial charge in [-0.25, -0.2) is 21.6 Å². The molecule has 4 atom stereocenters. The van der Waals surface area contributed by atoms with E-state index in [1.165, 1.54) is 4.90 Å². The second-order valence-electron chi connectivity index (χ2n) is 9.98. The molecule has 4 rings (SSSR count). The second kappa shape index (κ2) is 11.1. The molecule has 0 radical (unpaired) electrons. The van der Waals surface area contributed by atoms with Crippen LogP contribution in [0.3, 0.4) is 0 Å². The highest BCUT2D eigenvalue weighted by Crippen LogP contribution is 2.40. The van der Waals surface area contributed by atoms with E-state index in [2.05, 4.69) is 0 Å². The minimum absolute atomic E-state index is 0.0177. The number of hydrogen-bond acceptors (Lipinski definition) is 6. The molecule has 200 valence electrons. The van der Waals surface area contributed by atoms with Gasteiger partial charge in [0.1, 0.15) is 11.6 Å². The summed E-state index contributed by atoms with van der Waals surface area (Å²) in [5, 5.41) is 0. The first-order valence-electron chi connectivity index (χ1n) is 12.3. The average Bonchev–Trinajstić information content (AvgIpc) is 3.10. The summed E-state index contributed by atoms with van der Waals surface area (Å²) < 4.78 is 71.0. The molecule has 2 amide bonds. The topological polar surface area (TPSA) is 110 Å². The van der Waals surface area contributed by atoms with E-state index in [4.69, 9.17) is 10.5 Å². The smallest absolute Gasteiger partial charge is 0.237 e. The van der Waals surface area contributed by atoms with Crippen LogP contribution in [-0.2, 0) is 30.6 Å². The Morgan fingerprint density at radius 3 is 2.25 bits per heavy atom. The van der Waals surface area contributed by atoms with Crippen molar-refractivity contribution in [1.29, 1.82) is 0 Å². The van der Waals surface area contributed by atoms with Gasteiger partial charge in [-0.1, -0.05) is 0 Å². The number of rotatable bonds is 8. The number of benzene rings is 1. The summed E-state index contributed by atoms with van der Waals surface area (Å²) in [4.78, 5) is 28.5. The molecule has 2 N–H and O–H groups in total. The summed E-state index contributed by atoms with van der Waals surface area (Å²) in [7, 11) is -3.74. The van der Waals surface area contributed by atoms with E-state index >= 15 is 0 Å². The van der Waals surface area contributed by atoms with E-state index in [-0.39, 0.29) is 42.3 Å². The third kappa shape index (κ3) is 6.20. The first-order valence-corrected chi connectivity index (χ1v) is 14.1. The van der Waals surface area contributed by atoms with E-state index < -0.39 is 50.7 Å². The number of morpholine rings is 1. The van der Waals surface area contributed by atoms with Gasteiger partial charge in [0.15, 0.2) is 21.5 Å². The third-order valence-electron chi connectivity index (χ3n) is 7.54. The van der Waals surface area contributed by atoms with Gasteiger partial charge < -0.3 is 20.3 Å².